The molecule has 1 aromatic rings. The molecular formula is C26H27N3O9. The maximum atomic E-state index is 13.8. The van der Waals surface area contributed by atoms with Gasteiger partial charge in [0.25, 0.3) is 5.91 Å². The summed E-state index contributed by atoms with van der Waals surface area (Å²) < 4.78 is 0. The average molecular weight is 526 g/mol. The molecule has 0 heterocycles. The number of hydrogen-bond donors (Lipinski definition) is 6. The Labute approximate surface area is 217 Å². The Morgan fingerprint density at radius 2 is 1.76 bits per heavy atom. The highest BCUT2D eigenvalue weighted by atomic mass is 16.4. The molecule has 4 atom stereocenters. The van der Waals surface area contributed by atoms with E-state index >= 15 is 0 Å². The number of hydrogen-bond acceptors (Lipinski definition) is 10. The van der Waals surface area contributed by atoms with E-state index in [1.807, 2.05) is 5.92 Å². The molecule has 0 radical (unpaired) electrons. The summed E-state index contributed by atoms with van der Waals surface area (Å²) in [6.07, 6.45) is 0.0578. The first kappa shape index (κ1) is 26.7. The largest absolute Gasteiger partial charge is 0.510 e. The molecule has 0 aromatic heterocycles. The van der Waals surface area contributed by atoms with E-state index in [-0.39, 0.29) is 29.5 Å². The maximum Gasteiger partial charge on any atom is 0.382 e. The number of nitrogens with two attached hydrogens (primary N) is 1. The van der Waals surface area contributed by atoms with Crippen LogP contribution in [0.5, 0.6) is 5.75 Å². The second-order valence-corrected chi connectivity index (χ2v) is 10.1. The number of amides is 1. The Bertz CT molecular complexity index is 1440. The van der Waals surface area contributed by atoms with Crippen LogP contribution in [0.2, 0.25) is 0 Å². The Morgan fingerprint density at radius 1 is 1.13 bits per heavy atom. The van der Waals surface area contributed by atoms with Gasteiger partial charge in [-0.2, -0.15) is 0 Å². The number of aliphatic carboxylic acids is 1. The lowest BCUT2D eigenvalue weighted by Gasteiger charge is -2.50. The van der Waals surface area contributed by atoms with E-state index in [2.05, 4.69) is 5.92 Å². The van der Waals surface area contributed by atoms with Crippen LogP contribution in [0.4, 0.5) is 5.69 Å². The lowest BCUT2D eigenvalue weighted by atomic mass is 9.58. The van der Waals surface area contributed by atoms with Crippen LogP contribution < -0.4 is 10.6 Å². The molecule has 0 fully saturated rings. The van der Waals surface area contributed by atoms with Crippen LogP contribution in [0.15, 0.2) is 28.7 Å². The van der Waals surface area contributed by atoms with Gasteiger partial charge in [0, 0.05) is 37.2 Å². The van der Waals surface area contributed by atoms with E-state index in [1.165, 1.54) is 11.0 Å². The van der Waals surface area contributed by atoms with Gasteiger partial charge in [-0.1, -0.05) is 5.92 Å². The Balaban J connectivity index is 2.00. The molecule has 4 rings (SSSR count). The number of carbonyl (C=O) groups excluding carboxylic acids is 3. The summed E-state index contributed by atoms with van der Waals surface area (Å²) in [6, 6.07) is 0.363. The number of carboxylic acids is 1. The smallest absolute Gasteiger partial charge is 0.382 e. The number of Topliss-reactive ketones (excluding diaryl/α,β-unsaturated/α-hetero) is 2. The topological polar surface area (TPSA) is 202 Å². The molecular weight excluding hydrogens is 498 g/mol. The number of nitrogens with zero attached hydrogens (tertiary/aromatic N) is 2. The molecule has 1 amide bonds. The van der Waals surface area contributed by atoms with Gasteiger partial charge in [0.1, 0.15) is 22.8 Å². The van der Waals surface area contributed by atoms with Gasteiger partial charge in [-0.25, -0.2) is 4.79 Å². The molecule has 12 nitrogen and oxygen atoms in total. The van der Waals surface area contributed by atoms with E-state index < -0.39 is 69.8 Å². The maximum absolute atomic E-state index is 13.8. The lowest BCUT2D eigenvalue weighted by molar-refractivity contribution is -0.148. The van der Waals surface area contributed by atoms with E-state index in [4.69, 9.17) is 10.8 Å². The summed E-state index contributed by atoms with van der Waals surface area (Å²) in [4.78, 5) is 53.3. The summed E-state index contributed by atoms with van der Waals surface area (Å²) in [5.41, 5.74) is 1.88. The first-order chi connectivity index (χ1) is 17.6. The highest BCUT2D eigenvalue weighted by Crippen LogP contribution is 2.53. The second-order valence-electron chi connectivity index (χ2n) is 10.1. The molecule has 0 saturated carbocycles. The van der Waals surface area contributed by atoms with E-state index in [0.29, 0.717) is 11.3 Å². The van der Waals surface area contributed by atoms with E-state index in [0.717, 1.165) is 0 Å². The minimum Gasteiger partial charge on any atom is -0.510 e. The van der Waals surface area contributed by atoms with Crippen molar-refractivity contribution in [1.82, 2.24) is 4.90 Å². The number of rotatable bonds is 3. The molecule has 12 heteroatoms. The van der Waals surface area contributed by atoms with Crippen molar-refractivity contribution in [3.63, 3.8) is 0 Å². The number of aromatic hydroxyl groups is 1. The number of anilines is 1. The summed E-state index contributed by atoms with van der Waals surface area (Å²) in [5.74, 6) is -4.85. The Morgan fingerprint density at radius 3 is 2.29 bits per heavy atom. The van der Waals surface area contributed by atoms with Gasteiger partial charge in [-0.05, 0) is 44.5 Å². The molecule has 0 saturated heterocycles. The summed E-state index contributed by atoms with van der Waals surface area (Å²) >= 11 is 0. The average Bonchev–Trinajstić information content (AvgIpc) is 2.80. The van der Waals surface area contributed by atoms with Gasteiger partial charge in [0.2, 0.25) is 5.78 Å². The monoisotopic (exact) mass is 525 g/mol. The molecule has 0 aliphatic heterocycles. The Kier molecular flexibility index (Phi) is 6.25. The van der Waals surface area contributed by atoms with Crippen LogP contribution >= 0.6 is 0 Å². The minimum absolute atomic E-state index is 0.0417. The number of allylic oxidation sites excluding steroid dienone is 1. The highest BCUT2D eigenvalue weighted by Gasteiger charge is 2.63. The molecule has 7 N–H and O–H groups in total. The zero-order valence-electron chi connectivity index (χ0n) is 21.1. The number of primary amides is 1. The van der Waals surface area contributed by atoms with Crippen molar-refractivity contribution in [3.8, 4) is 17.6 Å². The van der Waals surface area contributed by atoms with Crippen LogP contribution in [-0.2, 0) is 20.8 Å². The molecule has 3 aliphatic rings. The minimum atomic E-state index is -2.74. The number of carbonyl (C=O) groups is 4. The first-order valence-electron chi connectivity index (χ1n) is 11.6. The van der Waals surface area contributed by atoms with Crippen molar-refractivity contribution >= 4 is 29.1 Å². The van der Waals surface area contributed by atoms with Crippen LogP contribution in [0, 0.1) is 23.7 Å². The highest BCUT2D eigenvalue weighted by molar-refractivity contribution is 6.25. The van der Waals surface area contributed by atoms with E-state index in [9.17, 15) is 39.6 Å². The lowest BCUT2D eigenvalue weighted by Crippen LogP contribution is -2.63. The van der Waals surface area contributed by atoms with Gasteiger partial charge in [0.15, 0.2) is 11.4 Å². The van der Waals surface area contributed by atoms with Crippen LogP contribution in [0.1, 0.15) is 27.9 Å². The molecule has 38 heavy (non-hydrogen) atoms. The molecule has 200 valence electrons. The second kappa shape index (κ2) is 8.90. The quantitative estimate of drug-likeness (QED) is 0.222. The van der Waals surface area contributed by atoms with Crippen molar-refractivity contribution in [2.24, 2.45) is 17.6 Å². The number of phenols is 1. The number of benzene rings is 1. The number of aliphatic hydroxyl groups is 3. The normalized spacial score (nSPS) is 26.3. The van der Waals surface area contributed by atoms with Crippen LogP contribution in [-0.4, -0.2) is 93.7 Å². The van der Waals surface area contributed by atoms with Crippen molar-refractivity contribution in [2.45, 2.75) is 24.5 Å². The fourth-order valence-corrected chi connectivity index (χ4v) is 5.91. The third kappa shape index (κ3) is 3.62. The fourth-order valence-electron chi connectivity index (χ4n) is 5.91. The SMILES string of the molecule is CN(C)c1cc(C#CC(=O)O)c(O)c2c1C[C@@H]1C[C@@H]3[C@H](N(C)C)C(O)=C(C(N)=O)C(=O)[C@@]3(O)C(O)=C1C2=O. The summed E-state index contributed by atoms with van der Waals surface area (Å²) in [5, 5.41) is 53.7. The van der Waals surface area contributed by atoms with Crippen molar-refractivity contribution in [1.29, 1.82) is 0 Å². The number of ketones is 2. The van der Waals surface area contributed by atoms with Crippen molar-refractivity contribution < 1.29 is 44.7 Å². The standard InChI is InChI=1S/C26H27N3O9/c1-28(2)14-9-10(5-6-15(30)31)20(32)17-12(14)7-11-8-13-19(29(3)4)22(34)18(25(27)37)24(36)26(13,38)23(35)16(11)21(17)33/h9,11,13,19,32,34-35,38H,7-8H2,1-4H3,(H2,27,37)(H,30,31)/t11-,13-,19+,26+/m1/s1. The fraction of sp³-hybridized carbons (Fsp3) is 0.385. The summed E-state index contributed by atoms with van der Waals surface area (Å²) in [7, 11) is 6.47. The zero-order valence-corrected chi connectivity index (χ0v) is 21.1. The number of fused-ring (bicyclic) bond motifs is 3. The van der Waals surface area contributed by atoms with Gasteiger partial charge in [0.05, 0.1) is 17.2 Å². The molecule has 3 aliphatic carbocycles. The third-order valence-corrected chi connectivity index (χ3v) is 7.48. The predicted molar refractivity (Wildman–Crippen MR) is 133 cm³/mol. The van der Waals surface area contributed by atoms with Gasteiger partial charge < -0.3 is 36.2 Å². The Hall–Kier alpha value is -4.34. The zero-order chi connectivity index (χ0) is 28.4. The van der Waals surface area contributed by atoms with Crippen LogP contribution in [0.3, 0.4) is 0 Å². The number of phenolic OH excluding ortho intramolecular Hbond substituents is 1. The van der Waals surface area contributed by atoms with Crippen LogP contribution in [0.25, 0.3) is 0 Å². The number of likely N-dealkylation sites (N-methyl/N-ethyl adjacent to an activating group) is 1. The number of carboxylic acid groups (broad SMARTS) is 1. The molecule has 1 aromatic carbocycles. The van der Waals surface area contributed by atoms with Crippen molar-refractivity contribution in [3.05, 3.63) is 45.4 Å². The van der Waals surface area contributed by atoms with Gasteiger partial charge in [-0.3, -0.25) is 19.3 Å². The van der Waals surface area contributed by atoms with Gasteiger partial charge in [-0.15, -0.1) is 0 Å². The third-order valence-electron chi connectivity index (χ3n) is 7.48. The summed E-state index contributed by atoms with van der Waals surface area (Å²) in [6.45, 7) is 0. The van der Waals surface area contributed by atoms with Gasteiger partial charge >= 0.3 is 5.97 Å². The molecule has 0 bridgehead atoms. The number of aliphatic hydroxyl groups excluding tert-OH is 2. The van der Waals surface area contributed by atoms with E-state index in [1.54, 1.807) is 33.1 Å². The molecule has 0 unspecified atom stereocenters. The first-order valence-corrected chi connectivity index (χ1v) is 11.6. The molecule has 0 spiro atoms. The van der Waals surface area contributed by atoms with Crippen molar-refractivity contribution in [2.75, 3.05) is 33.1 Å². The predicted octanol–water partition coefficient (Wildman–Crippen LogP) is -0.377.